The number of hydrogen-bond acceptors (Lipinski definition) is 6. The zero-order valence-corrected chi connectivity index (χ0v) is 14.9. The predicted molar refractivity (Wildman–Crippen MR) is 97.6 cm³/mol. The van der Waals surface area contributed by atoms with Crippen LogP contribution >= 0.6 is 35.0 Å². The van der Waals surface area contributed by atoms with E-state index in [1.807, 2.05) is 0 Å². The number of hydrogen-bond donors (Lipinski definition) is 2. The number of amidine groups is 1. The van der Waals surface area contributed by atoms with E-state index in [9.17, 15) is 9.59 Å². The molecule has 25 heavy (non-hydrogen) atoms. The van der Waals surface area contributed by atoms with Crippen molar-refractivity contribution in [2.45, 2.75) is 11.7 Å². The van der Waals surface area contributed by atoms with Gasteiger partial charge in [-0.25, -0.2) is 0 Å². The van der Waals surface area contributed by atoms with Crippen molar-refractivity contribution in [3.05, 3.63) is 27.7 Å². The van der Waals surface area contributed by atoms with Crippen LogP contribution in [-0.4, -0.2) is 40.2 Å². The van der Waals surface area contributed by atoms with Gasteiger partial charge in [0.15, 0.2) is 10.9 Å². The molecule has 1 aliphatic heterocycles. The van der Waals surface area contributed by atoms with Gasteiger partial charge in [0.1, 0.15) is 11.9 Å². The smallest absolute Gasteiger partial charge is 0.305 e. The van der Waals surface area contributed by atoms with E-state index in [-0.39, 0.29) is 34.0 Å². The molecule has 1 aromatic rings. The molecule has 2 rings (SSSR count). The molecule has 1 unspecified atom stereocenters. The Kier molecular flexibility index (Phi) is 6.70. The van der Waals surface area contributed by atoms with Crippen molar-refractivity contribution < 1.29 is 19.4 Å². The van der Waals surface area contributed by atoms with Crippen molar-refractivity contribution >= 4 is 58.2 Å². The van der Waals surface area contributed by atoms with Crippen molar-refractivity contribution in [2.24, 2.45) is 10.2 Å². The summed E-state index contributed by atoms with van der Waals surface area (Å²) in [4.78, 5) is 22.2. The summed E-state index contributed by atoms with van der Waals surface area (Å²) in [5.74, 6) is 1.11. The number of carboxylic acid groups (broad SMARTS) is 1. The number of ether oxygens (including phenoxy) is 1. The van der Waals surface area contributed by atoms with Crippen molar-refractivity contribution in [2.75, 3.05) is 6.61 Å². The minimum absolute atomic E-state index is 0.0367. The Morgan fingerprint density at radius 3 is 2.76 bits per heavy atom. The van der Waals surface area contributed by atoms with Crippen LogP contribution in [0.25, 0.3) is 0 Å². The number of carboxylic acids is 1. The van der Waals surface area contributed by atoms with E-state index in [2.05, 4.69) is 21.4 Å². The van der Waals surface area contributed by atoms with Gasteiger partial charge >= 0.3 is 5.97 Å². The van der Waals surface area contributed by atoms with E-state index < -0.39 is 17.1 Å². The van der Waals surface area contributed by atoms with Crippen LogP contribution in [0.15, 0.2) is 22.3 Å². The number of halogens is 2. The fraction of sp³-hybridized carbons (Fsp3) is 0.200. The monoisotopic (exact) mass is 399 g/mol. The van der Waals surface area contributed by atoms with Gasteiger partial charge in [0, 0.05) is 0 Å². The summed E-state index contributed by atoms with van der Waals surface area (Å²) in [5.41, 5.74) is 0.559. The van der Waals surface area contributed by atoms with Gasteiger partial charge in [0.25, 0.3) is 0 Å². The van der Waals surface area contributed by atoms with E-state index in [4.69, 9.17) is 39.5 Å². The molecule has 0 saturated carbocycles. The third-order valence-corrected chi connectivity index (χ3v) is 4.45. The second kappa shape index (κ2) is 8.76. The second-order valence-corrected chi connectivity index (χ2v) is 6.66. The van der Waals surface area contributed by atoms with E-state index in [0.717, 1.165) is 11.8 Å². The normalized spacial score (nSPS) is 18.4. The quantitative estimate of drug-likeness (QED) is 0.434. The summed E-state index contributed by atoms with van der Waals surface area (Å²) >= 11 is 13.1. The molecule has 1 amide bonds. The Bertz CT molecular complexity index is 781. The topological polar surface area (TPSA) is 100 Å². The number of rotatable bonds is 6. The fourth-order valence-corrected chi connectivity index (χ4v) is 3.33. The first-order valence-corrected chi connectivity index (χ1v) is 8.40. The zero-order chi connectivity index (χ0) is 18.4. The Morgan fingerprint density at radius 2 is 2.16 bits per heavy atom. The average molecular weight is 400 g/mol. The van der Waals surface area contributed by atoms with Gasteiger partial charge in [-0.1, -0.05) is 40.9 Å². The van der Waals surface area contributed by atoms with Crippen molar-refractivity contribution in [1.82, 2.24) is 5.32 Å². The number of aliphatic carboxylic acids is 1. The molecule has 1 heterocycles. The molecule has 1 saturated heterocycles. The summed E-state index contributed by atoms with van der Waals surface area (Å²) in [7, 11) is 0. The lowest BCUT2D eigenvalue weighted by molar-refractivity contribution is -0.138. The van der Waals surface area contributed by atoms with Crippen LogP contribution in [0.2, 0.25) is 10.0 Å². The summed E-state index contributed by atoms with van der Waals surface area (Å²) in [5, 5.41) is 18.9. The van der Waals surface area contributed by atoms with Gasteiger partial charge in [-0.2, -0.15) is 5.10 Å². The lowest BCUT2D eigenvalue weighted by Gasteiger charge is -2.07. The lowest BCUT2D eigenvalue weighted by atomic mass is 10.2. The molecule has 1 fully saturated rings. The maximum absolute atomic E-state index is 11.6. The molecule has 0 bridgehead atoms. The van der Waals surface area contributed by atoms with Gasteiger partial charge in [0.2, 0.25) is 5.91 Å². The largest absolute Gasteiger partial charge is 0.481 e. The first-order valence-electron chi connectivity index (χ1n) is 6.76. The first kappa shape index (κ1) is 19.1. The Hall–Kier alpha value is -2.21. The Labute approximate surface area is 157 Å². The molecular weight excluding hydrogens is 389 g/mol. The highest BCUT2D eigenvalue weighted by atomic mass is 35.5. The molecule has 2 N–H and O–H groups in total. The molecule has 7 nitrogen and oxygen atoms in total. The SMILES string of the molecule is C#CCOc1c(Cl)cc(C=NN=C2NC(=O)C(CC(=O)O)S2)cc1Cl. The van der Waals surface area contributed by atoms with E-state index in [0.29, 0.717) is 5.56 Å². The lowest BCUT2D eigenvalue weighted by Crippen LogP contribution is -2.26. The standard InChI is InChI=1S/C15H11Cl2N3O4S/c1-2-3-24-13-9(16)4-8(5-10(13)17)7-18-20-15-19-14(23)11(25-15)6-12(21)22/h1,4-5,7,11H,3,6H2,(H,21,22)(H,19,20,23). The third kappa shape index (κ3) is 5.39. The minimum Gasteiger partial charge on any atom is -0.481 e. The van der Waals surface area contributed by atoms with Crippen LogP contribution in [0.5, 0.6) is 5.75 Å². The zero-order valence-electron chi connectivity index (χ0n) is 12.5. The fourth-order valence-electron chi connectivity index (χ4n) is 1.80. The van der Waals surface area contributed by atoms with E-state index >= 15 is 0 Å². The molecule has 0 aliphatic carbocycles. The molecule has 0 spiro atoms. The minimum atomic E-state index is -1.06. The van der Waals surface area contributed by atoms with Crippen LogP contribution in [0.3, 0.4) is 0 Å². The number of amides is 1. The number of nitrogens with one attached hydrogen (secondary N) is 1. The average Bonchev–Trinajstić information content (AvgIpc) is 2.86. The second-order valence-electron chi connectivity index (χ2n) is 4.65. The third-order valence-electron chi connectivity index (χ3n) is 2.81. The molecular formula is C15H11Cl2N3O4S. The highest BCUT2D eigenvalue weighted by Crippen LogP contribution is 2.33. The van der Waals surface area contributed by atoms with Gasteiger partial charge < -0.3 is 15.2 Å². The van der Waals surface area contributed by atoms with Crippen LogP contribution < -0.4 is 10.1 Å². The van der Waals surface area contributed by atoms with E-state index in [1.165, 1.54) is 6.21 Å². The number of benzene rings is 1. The van der Waals surface area contributed by atoms with Crippen LogP contribution in [-0.2, 0) is 9.59 Å². The molecule has 1 atom stereocenters. The van der Waals surface area contributed by atoms with Gasteiger partial charge in [-0.05, 0) is 17.7 Å². The molecule has 130 valence electrons. The number of terminal acetylenes is 1. The highest BCUT2D eigenvalue weighted by molar-refractivity contribution is 8.15. The summed E-state index contributed by atoms with van der Waals surface area (Å²) in [6.07, 6.45) is 6.21. The molecule has 1 aromatic carbocycles. The highest BCUT2D eigenvalue weighted by Gasteiger charge is 2.32. The van der Waals surface area contributed by atoms with Crippen LogP contribution in [0.4, 0.5) is 0 Å². The van der Waals surface area contributed by atoms with Crippen LogP contribution in [0, 0.1) is 12.3 Å². The summed E-state index contributed by atoms with van der Waals surface area (Å²) in [6.45, 7) is 0.0367. The van der Waals surface area contributed by atoms with Crippen LogP contribution in [0.1, 0.15) is 12.0 Å². The Morgan fingerprint density at radius 1 is 1.48 bits per heavy atom. The van der Waals surface area contributed by atoms with E-state index in [1.54, 1.807) is 12.1 Å². The number of thioether (sulfide) groups is 1. The van der Waals surface area contributed by atoms with Crippen molar-refractivity contribution in [3.8, 4) is 18.1 Å². The first-order chi connectivity index (χ1) is 11.9. The maximum Gasteiger partial charge on any atom is 0.305 e. The van der Waals surface area contributed by atoms with Gasteiger partial charge in [0.05, 0.1) is 22.7 Å². The number of carbonyl (C=O) groups is 2. The molecule has 1 aliphatic rings. The summed E-state index contributed by atoms with van der Waals surface area (Å²) < 4.78 is 5.24. The number of carbonyl (C=O) groups excluding carboxylic acids is 1. The Balaban J connectivity index is 2.06. The molecule has 0 aromatic heterocycles. The van der Waals surface area contributed by atoms with Crippen molar-refractivity contribution in [3.63, 3.8) is 0 Å². The van der Waals surface area contributed by atoms with Gasteiger partial charge in [-0.3, -0.25) is 9.59 Å². The van der Waals surface area contributed by atoms with Crippen molar-refractivity contribution in [1.29, 1.82) is 0 Å². The number of nitrogens with zero attached hydrogens (tertiary/aromatic N) is 2. The molecule has 0 radical (unpaired) electrons. The maximum atomic E-state index is 11.6. The van der Waals surface area contributed by atoms with Gasteiger partial charge in [-0.15, -0.1) is 11.5 Å². The predicted octanol–water partition coefficient (Wildman–Crippen LogP) is 2.40. The molecule has 10 heteroatoms. The summed E-state index contributed by atoms with van der Waals surface area (Å²) in [6, 6.07) is 3.13.